The third-order valence-electron chi connectivity index (χ3n) is 1.56. The van der Waals surface area contributed by atoms with Crippen molar-refractivity contribution in [3.63, 3.8) is 0 Å². The van der Waals surface area contributed by atoms with Crippen LogP contribution in [-0.2, 0) is 9.57 Å². The lowest BCUT2D eigenvalue weighted by atomic mass is 10.5. The minimum absolute atomic E-state index is 0.677. The molecule has 0 aromatic rings. The first-order valence-electron chi connectivity index (χ1n) is 4.00. The van der Waals surface area contributed by atoms with Crippen molar-refractivity contribution < 1.29 is 9.57 Å². The zero-order valence-electron chi connectivity index (χ0n) is 6.95. The third-order valence-corrected chi connectivity index (χ3v) is 1.56. The second-order valence-electron chi connectivity index (χ2n) is 2.41. The monoisotopic (exact) mass is 157 g/mol. The summed E-state index contributed by atoms with van der Waals surface area (Å²) in [6, 6.07) is 0. The van der Waals surface area contributed by atoms with E-state index in [-0.39, 0.29) is 0 Å². The Morgan fingerprint density at radius 2 is 2.18 bits per heavy atom. The molecule has 11 heavy (non-hydrogen) atoms. The van der Waals surface area contributed by atoms with E-state index in [1.807, 2.05) is 24.1 Å². The molecule has 1 rings (SSSR count). The summed E-state index contributed by atoms with van der Waals surface area (Å²) < 4.78 is 5.17. The Hall–Kier alpha value is -0.380. The zero-order valence-corrected chi connectivity index (χ0v) is 6.95. The van der Waals surface area contributed by atoms with Gasteiger partial charge in [0.2, 0.25) is 0 Å². The molecule has 0 amide bonds. The Kier molecular flexibility index (Phi) is 4.19. The van der Waals surface area contributed by atoms with Crippen molar-refractivity contribution in [2.45, 2.75) is 6.92 Å². The van der Waals surface area contributed by atoms with Crippen LogP contribution in [0.15, 0.2) is 12.2 Å². The van der Waals surface area contributed by atoms with Gasteiger partial charge in [-0.25, -0.2) is 0 Å². The minimum Gasteiger partial charge on any atom is -0.379 e. The first-order valence-corrected chi connectivity index (χ1v) is 4.00. The maximum Gasteiger partial charge on any atom is 0.0866 e. The van der Waals surface area contributed by atoms with Crippen LogP contribution >= 0.6 is 0 Å². The van der Waals surface area contributed by atoms with Gasteiger partial charge in [-0.05, 0) is 6.92 Å². The van der Waals surface area contributed by atoms with E-state index < -0.39 is 0 Å². The smallest absolute Gasteiger partial charge is 0.0866 e. The second-order valence-corrected chi connectivity index (χ2v) is 2.41. The third kappa shape index (κ3) is 3.51. The van der Waals surface area contributed by atoms with Gasteiger partial charge in [0.05, 0.1) is 19.8 Å². The first kappa shape index (κ1) is 8.71. The fraction of sp³-hybridized carbons (Fsp3) is 0.750. The minimum atomic E-state index is 0.677. The number of rotatable bonds is 3. The van der Waals surface area contributed by atoms with Gasteiger partial charge in [0.15, 0.2) is 0 Å². The van der Waals surface area contributed by atoms with Crippen LogP contribution in [0.2, 0.25) is 0 Å². The van der Waals surface area contributed by atoms with Gasteiger partial charge in [0, 0.05) is 13.1 Å². The van der Waals surface area contributed by atoms with E-state index in [0.717, 1.165) is 26.3 Å². The molecule has 0 spiro atoms. The molecular weight excluding hydrogens is 142 g/mol. The molecule has 64 valence electrons. The molecule has 1 saturated heterocycles. The molecule has 3 nitrogen and oxygen atoms in total. The lowest BCUT2D eigenvalue weighted by Crippen LogP contribution is -2.36. The molecule has 0 radical (unpaired) electrons. The lowest BCUT2D eigenvalue weighted by Gasteiger charge is -2.25. The van der Waals surface area contributed by atoms with E-state index in [0.29, 0.717) is 6.61 Å². The maximum atomic E-state index is 5.39. The predicted octanol–water partition coefficient (Wildman–Crippen LogP) is 0.826. The van der Waals surface area contributed by atoms with E-state index in [9.17, 15) is 0 Å². The Labute approximate surface area is 67.5 Å². The van der Waals surface area contributed by atoms with Gasteiger partial charge in [0.25, 0.3) is 0 Å². The van der Waals surface area contributed by atoms with Crippen LogP contribution in [0.1, 0.15) is 6.92 Å². The fourth-order valence-corrected chi connectivity index (χ4v) is 0.920. The topological polar surface area (TPSA) is 21.7 Å². The van der Waals surface area contributed by atoms with Crippen molar-refractivity contribution in [3.8, 4) is 0 Å². The van der Waals surface area contributed by atoms with E-state index in [1.165, 1.54) is 0 Å². The van der Waals surface area contributed by atoms with E-state index in [4.69, 9.17) is 9.57 Å². The lowest BCUT2D eigenvalue weighted by molar-refractivity contribution is -0.185. The SMILES string of the molecule is CC=CCON1CCOCC1. The van der Waals surface area contributed by atoms with Crippen LogP contribution in [0.25, 0.3) is 0 Å². The normalized spacial score (nSPS) is 21.2. The van der Waals surface area contributed by atoms with Crippen molar-refractivity contribution in [2.24, 2.45) is 0 Å². The highest BCUT2D eigenvalue weighted by molar-refractivity contribution is 4.75. The Morgan fingerprint density at radius 1 is 1.45 bits per heavy atom. The second kappa shape index (κ2) is 5.29. The van der Waals surface area contributed by atoms with E-state index >= 15 is 0 Å². The number of allylic oxidation sites excluding steroid dienone is 1. The van der Waals surface area contributed by atoms with Crippen LogP contribution in [0.5, 0.6) is 0 Å². The molecule has 0 N–H and O–H groups in total. The number of ether oxygens (including phenoxy) is 1. The Bertz CT molecular complexity index is 119. The summed E-state index contributed by atoms with van der Waals surface area (Å²) in [7, 11) is 0. The molecule has 0 aromatic heterocycles. The van der Waals surface area contributed by atoms with Crippen molar-refractivity contribution in [1.29, 1.82) is 0 Å². The van der Waals surface area contributed by atoms with Gasteiger partial charge in [0.1, 0.15) is 0 Å². The molecule has 1 heterocycles. The van der Waals surface area contributed by atoms with Crippen molar-refractivity contribution in [3.05, 3.63) is 12.2 Å². The summed E-state index contributed by atoms with van der Waals surface area (Å²) in [5.41, 5.74) is 0. The van der Waals surface area contributed by atoms with Crippen molar-refractivity contribution in [2.75, 3.05) is 32.9 Å². The molecule has 0 unspecified atom stereocenters. The fourth-order valence-electron chi connectivity index (χ4n) is 0.920. The van der Waals surface area contributed by atoms with Gasteiger partial charge in [-0.2, -0.15) is 5.06 Å². The standard InChI is InChI=1S/C8H15NO2/c1-2-3-6-11-9-4-7-10-8-5-9/h2-3H,4-8H2,1H3. The highest BCUT2D eigenvalue weighted by Gasteiger charge is 2.08. The van der Waals surface area contributed by atoms with Crippen LogP contribution in [0.3, 0.4) is 0 Å². The predicted molar refractivity (Wildman–Crippen MR) is 43.2 cm³/mol. The summed E-state index contributed by atoms with van der Waals surface area (Å²) >= 11 is 0. The quantitative estimate of drug-likeness (QED) is 0.566. The van der Waals surface area contributed by atoms with Crippen molar-refractivity contribution in [1.82, 2.24) is 5.06 Å². The van der Waals surface area contributed by atoms with Crippen LogP contribution in [0.4, 0.5) is 0 Å². The van der Waals surface area contributed by atoms with Gasteiger partial charge in [-0.1, -0.05) is 12.2 Å². The number of hydroxylamine groups is 2. The van der Waals surface area contributed by atoms with Crippen LogP contribution in [0, 0.1) is 0 Å². The largest absolute Gasteiger partial charge is 0.379 e. The van der Waals surface area contributed by atoms with Gasteiger partial charge in [-0.3, -0.25) is 4.84 Å². The molecule has 0 atom stereocenters. The molecule has 1 aliphatic heterocycles. The van der Waals surface area contributed by atoms with Gasteiger partial charge in [-0.15, -0.1) is 0 Å². The highest BCUT2D eigenvalue weighted by atomic mass is 16.7. The highest BCUT2D eigenvalue weighted by Crippen LogP contribution is 1.96. The average Bonchev–Trinajstić information content (AvgIpc) is 2.07. The summed E-state index contributed by atoms with van der Waals surface area (Å²) in [4.78, 5) is 5.39. The number of hydrogen-bond donors (Lipinski definition) is 0. The summed E-state index contributed by atoms with van der Waals surface area (Å²) in [6.45, 7) is 6.01. The summed E-state index contributed by atoms with van der Waals surface area (Å²) in [5, 5.41) is 1.95. The molecular formula is C8H15NO2. The molecule has 0 aliphatic carbocycles. The summed E-state index contributed by atoms with van der Waals surface area (Å²) in [6.07, 6.45) is 3.98. The molecule has 1 aliphatic rings. The Balaban J connectivity index is 2.04. The van der Waals surface area contributed by atoms with Gasteiger partial charge >= 0.3 is 0 Å². The van der Waals surface area contributed by atoms with Crippen molar-refractivity contribution >= 4 is 0 Å². The average molecular weight is 157 g/mol. The van der Waals surface area contributed by atoms with Crippen LogP contribution in [-0.4, -0.2) is 38.0 Å². The molecule has 3 heteroatoms. The van der Waals surface area contributed by atoms with E-state index in [1.54, 1.807) is 0 Å². The molecule has 0 aromatic carbocycles. The number of nitrogens with zero attached hydrogens (tertiary/aromatic N) is 1. The zero-order chi connectivity index (χ0) is 7.94. The molecule has 1 fully saturated rings. The maximum absolute atomic E-state index is 5.39. The molecule has 0 bridgehead atoms. The van der Waals surface area contributed by atoms with Crippen LogP contribution < -0.4 is 0 Å². The number of hydrogen-bond acceptors (Lipinski definition) is 3. The molecule has 0 saturated carbocycles. The number of morpholine rings is 1. The first-order chi connectivity index (χ1) is 5.43. The summed E-state index contributed by atoms with van der Waals surface area (Å²) in [5.74, 6) is 0. The van der Waals surface area contributed by atoms with Gasteiger partial charge < -0.3 is 4.74 Å². The van der Waals surface area contributed by atoms with E-state index in [2.05, 4.69) is 0 Å². The Morgan fingerprint density at radius 3 is 2.82 bits per heavy atom.